The fourth-order valence-electron chi connectivity index (χ4n) is 4.06. The minimum Gasteiger partial charge on any atom is -0.489 e. The molecule has 3 aliphatic rings. The SMILES string of the molecule is COc1nc(N2CCN(C)CC2)c(OCC2CC2)cc1Sc1ccc2c(c1)NC(=O)CC2. The second-order valence-corrected chi connectivity index (χ2v) is 9.95. The number of hydrogen-bond acceptors (Lipinski definition) is 7. The molecule has 0 radical (unpaired) electrons. The summed E-state index contributed by atoms with van der Waals surface area (Å²) in [6.07, 6.45) is 3.83. The lowest BCUT2D eigenvalue weighted by atomic mass is 10.0. The summed E-state index contributed by atoms with van der Waals surface area (Å²) in [4.78, 5) is 23.3. The maximum absolute atomic E-state index is 11.8. The van der Waals surface area contributed by atoms with E-state index >= 15 is 0 Å². The van der Waals surface area contributed by atoms with Gasteiger partial charge in [-0.25, -0.2) is 0 Å². The van der Waals surface area contributed by atoms with Crippen molar-refractivity contribution < 1.29 is 14.3 Å². The Balaban J connectivity index is 1.44. The molecule has 1 aromatic carbocycles. The smallest absolute Gasteiger partial charge is 0.229 e. The summed E-state index contributed by atoms with van der Waals surface area (Å²) in [5.41, 5.74) is 2.08. The second-order valence-electron chi connectivity index (χ2n) is 8.83. The molecule has 7 nitrogen and oxygen atoms in total. The predicted molar refractivity (Wildman–Crippen MR) is 126 cm³/mol. The van der Waals surface area contributed by atoms with Gasteiger partial charge in [0, 0.05) is 49.2 Å². The highest BCUT2D eigenvalue weighted by atomic mass is 32.2. The summed E-state index contributed by atoms with van der Waals surface area (Å²) in [7, 11) is 3.81. The Morgan fingerprint density at radius 2 is 1.97 bits per heavy atom. The standard InChI is InChI=1S/C24H30N4O3S/c1-27-9-11-28(12-10-27)23-20(31-15-16-3-4-16)14-21(24(26-23)30-2)32-18-7-5-17-6-8-22(29)25-19(17)13-18/h5,7,13-14,16H,3-4,6,8-12,15H2,1-2H3,(H,25,29). The highest BCUT2D eigenvalue weighted by Gasteiger charge is 2.26. The van der Waals surface area contributed by atoms with E-state index in [1.807, 2.05) is 6.07 Å². The maximum atomic E-state index is 11.8. The molecule has 2 aromatic rings. The van der Waals surface area contributed by atoms with E-state index in [9.17, 15) is 4.79 Å². The fourth-order valence-corrected chi connectivity index (χ4v) is 5.00. The van der Waals surface area contributed by atoms with Crippen LogP contribution in [0.5, 0.6) is 11.6 Å². The van der Waals surface area contributed by atoms with E-state index in [0.29, 0.717) is 18.2 Å². The molecule has 2 aliphatic heterocycles. The first-order valence-electron chi connectivity index (χ1n) is 11.3. The van der Waals surface area contributed by atoms with Gasteiger partial charge in [0.2, 0.25) is 11.8 Å². The molecule has 3 heterocycles. The third-order valence-electron chi connectivity index (χ3n) is 6.27. The molecule has 1 amide bonds. The van der Waals surface area contributed by atoms with Crippen molar-refractivity contribution in [3.05, 3.63) is 29.8 Å². The van der Waals surface area contributed by atoms with Crippen LogP contribution in [0.4, 0.5) is 11.5 Å². The average Bonchev–Trinajstić information content (AvgIpc) is 3.63. The first-order valence-corrected chi connectivity index (χ1v) is 12.2. The monoisotopic (exact) mass is 454 g/mol. The number of fused-ring (bicyclic) bond motifs is 1. The molecule has 5 rings (SSSR count). The van der Waals surface area contributed by atoms with Gasteiger partial charge in [-0.1, -0.05) is 17.8 Å². The molecule has 1 saturated heterocycles. The van der Waals surface area contributed by atoms with Crippen LogP contribution in [0, 0.1) is 5.92 Å². The van der Waals surface area contributed by atoms with Crippen molar-refractivity contribution in [2.75, 3.05) is 57.2 Å². The molecule has 2 fully saturated rings. The van der Waals surface area contributed by atoms with E-state index < -0.39 is 0 Å². The molecular formula is C24H30N4O3S. The van der Waals surface area contributed by atoms with Gasteiger partial charge >= 0.3 is 0 Å². The molecule has 170 valence electrons. The topological polar surface area (TPSA) is 66.9 Å². The first-order chi connectivity index (χ1) is 15.6. The largest absolute Gasteiger partial charge is 0.489 e. The number of rotatable bonds is 7. The van der Waals surface area contributed by atoms with Crippen LogP contribution in [-0.4, -0.2) is 62.7 Å². The van der Waals surface area contributed by atoms with Crippen LogP contribution in [-0.2, 0) is 11.2 Å². The summed E-state index contributed by atoms with van der Waals surface area (Å²) in [6, 6.07) is 8.31. The summed E-state index contributed by atoms with van der Waals surface area (Å²) in [5.74, 6) is 3.04. The Labute approximate surface area is 193 Å². The number of ether oxygens (including phenoxy) is 2. The quantitative estimate of drug-likeness (QED) is 0.685. The van der Waals surface area contributed by atoms with E-state index in [1.54, 1.807) is 18.9 Å². The lowest BCUT2D eigenvalue weighted by Crippen LogP contribution is -2.45. The number of carbonyl (C=O) groups is 1. The third kappa shape index (κ3) is 4.81. The van der Waals surface area contributed by atoms with Crippen LogP contribution in [0.2, 0.25) is 0 Å². The highest BCUT2D eigenvalue weighted by molar-refractivity contribution is 7.99. The number of likely N-dealkylation sites (N-methyl/N-ethyl adjacent to an activating group) is 1. The van der Waals surface area contributed by atoms with Gasteiger partial charge in [0.25, 0.3) is 0 Å². The van der Waals surface area contributed by atoms with Crippen molar-refractivity contribution in [1.82, 2.24) is 9.88 Å². The van der Waals surface area contributed by atoms with Crippen molar-refractivity contribution in [3.8, 4) is 11.6 Å². The number of carbonyl (C=O) groups excluding carboxylic acids is 1. The number of anilines is 2. The van der Waals surface area contributed by atoms with Gasteiger partial charge in [-0.2, -0.15) is 4.98 Å². The minimum absolute atomic E-state index is 0.0752. The number of nitrogens with one attached hydrogen (secondary N) is 1. The van der Waals surface area contributed by atoms with Gasteiger partial charge in [-0.05, 0) is 49.9 Å². The summed E-state index contributed by atoms with van der Waals surface area (Å²) >= 11 is 1.59. The minimum atomic E-state index is 0.0752. The van der Waals surface area contributed by atoms with Crippen molar-refractivity contribution in [3.63, 3.8) is 0 Å². The molecule has 0 bridgehead atoms. The lowest BCUT2D eigenvalue weighted by molar-refractivity contribution is -0.116. The number of nitrogens with zero attached hydrogens (tertiary/aromatic N) is 3. The Morgan fingerprint density at radius 1 is 1.16 bits per heavy atom. The van der Waals surface area contributed by atoms with Crippen LogP contribution in [0.25, 0.3) is 0 Å². The lowest BCUT2D eigenvalue weighted by Gasteiger charge is -2.34. The number of piperazine rings is 1. The zero-order chi connectivity index (χ0) is 22.1. The fraction of sp³-hybridized carbons (Fsp3) is 0.500. The summed E-state index contributed by atoms with van der Waals surface area (Å²) in [6.45, 7) is 4.59. The van der Waals surface area contributed by atoms with E-state index in [-0.39, 0.29) is 5.91 Å². The Morgan fingerprint density at radius 3 is 2.72 bits per heavy atom. The number of aryl methyl sites for hydroxylation is 1. The molecule has 1 N–H and O–H groups in total. The maximum Gasteiger partial charge on any atom is 0.229 e. The molecule has 1 saturated carbocycles. The molecule has 0 spiro atoms. The number of amides is 1. The van der Waals surface area contributed by atoms with Crippen LogP contribution in [0.15, 0.2) is 34.1 Å². The molecule has 1 aliphatic carbocycles. The van der Waals surface area contributed by atoms with E-state index in [0.717, 1.165) is 66.3 Å². The van der Waals surface area contributed by atoms with Crippen molar-refractivity contribution in [2.45, 2.75) is 35.5 Å². The predicted octanol–water partition coefficient (Wildman–Crippen LogP) is 3.67. The van der Waals surface area contributed by atoms with Gasteiger partial charge in [-0.3, -0.25) is 4.79 Å². The first kappa shape index (κ1) is 21.4. The van der Waals surface area contributed by atoms with E-state index in [1.165, 1.54) is 18.4 Å². The third-order valence-corrected chi connectivity index (χ3v) is 7.28. The van der Waals surface area contributed by atoms with Gasteiger partial charge in [0.1, 0.15) is 0 Å². The Kier molecular flexibility index (Phi) is 6.15. The summed E-state index contributed by atoms with van der Waals surface area (Å²) < 4.78 is 12.0. The molecule has 8 heteroatoms. The highest BCUT2D eigenvalue weighted by Crippen LogP contribution is 2.42. The van der Waals surface area contributed by atoms with Crippen LogP contribution in [0.3, 0.4) is 0 Å². The van der Waals surface area contributed by atoms with Crippen LogP contribution < -0.4 is 19.7 Å². The van der Waals surface area contributed by atoms with Gasteiger partial charge < -0.3 is 24.6 Å². The van der Waals surface area contributed by atoms with E-state index in [2.05, 4.69) is 40.4 Å². The average molecular weight is 455 g/mol. The Hall–Kier alpha value is -2.45. The molecule has 1 aromatic heterocycles. The van der Waals surface area contributed by atoms with Gasteiger partial charge in [-0.15, -0.1) is 0 Å². The molecular weight excluding hydrogens is 424 g/mol. The number of benzene rings is 1. The van der Waals surface area contributed by atoms with Crippen molar-refractivity contribution in [2.24, 2.45) is 5.92 Å². The zero-order valence-corrected chi connectivity index (χ0v) is 19.5. The van der Waals surface area contributed by atoms with Crippen molar-refractivity contribution >= 4 is 29.2 Å². The van der Waals surface area contributed by atoms with Crippen LogP contribution in [0.1, 0.15) is 24.8 Å². The second kappa shape index (κ2) is 9.19. The number of hydrogen-bond donors (Lipinski definition) is 1. The normalized spacial score (nSPS) is 18.8. The van der Waals surface area contributed by atoms with Gasteiger partial charge in [0.15, 0.2) is 11.6 Å². The zero-order valence-electron chi connectivity index (χ0n) is 18.7. The van der Waals surface area contributed by atoms with Gasteiger partial charge in [0.05, 0.1) is 18.6 Å². The Bertz CT molecular complexity index is 1000. The number of methoxy groups -OCH3 is 1. The molecule has 0 atom stereocenters. The molecule has 0 unspecified atom stereocenters. The molecule has 32 heavy (non-hydrogen) atoms. The summed E-state index contributed by atoms with van der Waals surface area (Å²) in [5, 5.41) is 2.99. The van der Waals surface area contributed by atoms with Crippen LogP contribution >= 0.6 is 11.8 Å². The van der Waals surface area contributed by atoms with Crippen molar-refractivity contribution in [1.29, 1.82) is 0 Å². The number of aromatic nitrogens is 1. The number of pyridine rings is 1. The van der Waals surface area contributed by atoms with E-state index in [4.69, 9.17) is 14.5 Å².